The summed E-state index contributed by atoms with van der Waals surface area (Å²) in [5, 5.41) is 4.07. The lowest BCUT2D eigenvalue weighted by Crippen LogP contribution is -2.50. The van der Waals surface area contributed by atoms with Crippen molar-refractivity contribution in [3.63, 3.8) is 0 Å². The van der Waals surface area contributed by atoms with Crippen LogP contribution in [0.25, 0.3) is 6.08 Å². The van der Waals surface area contributed by atoms with Crippen LogP contribution in [0.4, 0.5) is 0 Å². The van der Waals surface area contributed by atoms with Crippen molar-refractivity contribution in [2.75, 3.05) is 32.7 Å². The summed E-state index contributed by atoms with van der Waals surface area (Å²) in [4.78, 5) is 22.5. The minimum absolute atomic E-state index is 0.0120. The Balaban J connectivity index is 1.24. The Kier molecular flexibility index (Phi) is 5.83. The molecule has 0 saturated carbocycles. The van der Waals surface area contributed by atoms with E-state index < -0.39 is 0 Å². The second kappa shape index (κ2) is 8.85. The normalized spacial score (nSPS) is 20.2. The second-order valence-electron chi connectivity index (χ2n) is 7.15. The zero-order valence-electron chi connectivity index (χ0n) is 15.9. The Morgan fingerprint density at radius 3 is 2.39 bits per heavy atom. The summed E-state index contributed by atoms with van der Waals surface area (Å²) in [7, 11) is 0. The third kappa shape index (κ3) is 4.49. The molecule has 0 aromatic heterocycles. The number of carbonyl (C=O) groups is 1. The van der Waals surface area contributed by atoms with Crippen LogP contribution in [-0.2, 0) is 9.63 Å². The van der Waals surface area contributed by atoms with Crippen LogP contribution in [-0.4, -0.2) is 54.1 Å². The summed E-state index contributed by atoms with van der Waals surface area (Å²) < 4.78 is 0. The van der Waals surface area contributed by atoms with Gasteiger partial charge in [0.2, 0.25) is 0 Å². The summed E-state index contributed by atoms with van der Waals surface area (Å²) in [6.45, 7) is 4.11. The molecule has 2 aromatic rings. The molecule has 1 atom stereocenters. The van der Waals surface area contributed by atoms with E-state index in [1.807, 2.05) is 53.4 Å². The first-order valence-electron chi connectivity index (χ1n) is 9.80. The van der Waals surface area contributed by atoms with E-state index in [0.29, 0.717) is 12.1 Å². The van der Waals surface area contributed by atoms with Crippen LogP contribution in [0.5, 0.6) is 0 Å². The van der Waals surface area contributed by atoms with Gasteiger partial charge in [0.15, 0.2) is 6.10 Å². The van der Waals surface area contributed by atoms with Gasteiger partial charge in [0.1, 0.15) is 5.71 Å². The number of hydrogen-bond donors (Lipinski definition) is 0. The smallest absolute Gasteiger partial charge is 0.271 e. The van der Waals surface area contributed by atoms with Crippen molar-refractivity contribution in [1.82, 2.24) is 9.80 Å². The van der Waals surface area contributed by atoms with Crippen molar-refractivity contribution in [2.45, 2.75) is 12.5 Å². The Morgan fingerprint density at radius 1 is 1.00 bits per heavy atom. The molecule has 28 heavy (non-hydrogen) atoms. The third-order valence-electron chi connectivity index (χ3n) is 5.22. The van der Waals surface area contributed by atoms with Crippen molar-refractivity contribution in [3.8, 4) is 0 Å². The average molecular weight is 375 g/mol. The fourth-order valence-electron chi connectivity index (χ4n) is 3.57. The van der Waals surface area contributed by atoms with Gasteiger partial charge in [-0.05, 0) is 11.1 Å². The summed E-state index contributed by atoms with van der Waals surface area (Å²) in [6, 6.07) is 20.2. The maximum atomic E-state index is 12.8. The number of benzene rings is 2. The van der Waals surface area contributed by atoms with Crippen LogP contribution in [0.1, 0.15) is 23.7 Å². The lowest BCUT2D eigenvalue weighted by atomic mass is 10.0. The third-order valence-corrected chi connectivity index (χ3v) is 5.22. The van der Waals surface area contributed by atoms with Crippen molar-refractivity contribution >= 4 is 17.7 Å². The van der Waals surface area contributed by atoms with Gasteiger partial charge >= 0.3 is 0 Å². The Bertz CT molecular complexity index is 841. The Morgan fingerprint density at radius 2 is 1.68 bits per heavy atom. The van der Waals surface area contributed by atoms with Gasteiger partial charge in [0, 0.05) is 39.1 Å². The summed E-state index contributed by atoms with van der Waals surface area (Å²) in [6.07, 6.45) is 4.73. The van der Waals surface area contributed by atoms with E-state index in [0.717, 1.165) is 38.3 Å². The van der Waals surface area contributed by atoms with Crippen LogP contribution in [0.2, 0.25) is 0 Å². The highest BCUT2D eigenvalue weighted by atomic mass is 16.6. The molecule has 2 aliphatic heterocycles. The van der Waals surface area contributed by atoms with Crippen molar-refractivity contribution < 1.29 is 9.63 Å². The van der Waals surface area contributed by atoms with Crippen LogP contribution < -0.4 is 0 Å². The van der Waals surface area contributed by atoms with Gasteiger partial charge in [-0.3, -0.25) is 9.69 Å². The molecule has 0 bridgehead atoms. The standard InChI is InChI=1S/C23H25N3O2/c27-23(21-18-22(28-24-21)20-11-5-2-6-12-20)26-16-14-25(15-17-26)13-7-10-19-8-3-1-4-9-19/h1-12,22H,13-18H2/b10-7+. The molecule has 1 saturated heterocycles. The predicted octanol–water partition coefficient (Wildman–Crippen LogP) is 3.36. The number of hydrogen-bond acceptors (Lipinski definition) is 4. The highest BCUT2D eigenvalue weighted by Crippen LogP contribution is 2.27. The lowest BCUT2D eigenvalue weighted by molar-refractivity contribution is -0.125. The van der Waals surface area contributed by atoms with Gasteiger partial charge in [0.25, 0.3) is 5.91 Å². The van der Waals surface area contributed by atoms with E-state index in [4.69, 9.17) is 4.84 Å². The maximum absolute atomic E-state index is 12.8. The molecule has 0 aliphatic carbocycles. The van der Waals surface area contributed by atoms with E-state index in [9.17, 15) is 4.79 Å². The topological polar surface area (TPSA) is 45.1 Å². The Hall–Kier alpha value is -2.92. The first kappa shape index (κ1) is 18.4. The van der Waals surface area contributed by atoms with Gasteiger partial charge in [-0.1, -0.05) is 78.0 Å². The second-order valence-corrected chi connectivity index (χ2v) is 7.15. The molecule has 0 spiro atoms. The van der Waals surface area contributed by atoms with Crippen LogP contribution in [0.3, 0.4) is 0 Å². The zero-order chi connectivity index (χ0) is 19.2. The molecule has 5 heteroatoms. The van der Waals surface area contributed by atoms with Crippen LogP contribution in [0, 0.1) is 0 Å². The van der Waals surface area contributed by atoms with Crippen molar-refractivity contribution in [3.05, 3.63) is 77.9 Å². The summed E-state index contributed by atoms with van der Waals surface area (Å²) >= 11 is 0. The molecule has 1 fully saturated rings. The molecule has 4 rings (SSSR count). The highest BCUT2D eigenvalue weighted by molar-refractivity contribution is 6.39. The molecule has 2 aliphatic rings. The molecule has 0 radical (unpaired) electrons. The molecule has 0 N–H and O–H groups in total. The largest absolute Gasteiger partial charge is 0.387 e. The van der Waals surface area contributed by atoms with Crippen LogP contribution in [0.15, 0.2) is 71.9 Å². The van der Waals surface area contributed by atoms with E-state index in [1.54, 1.807) is 0 Å². The minimum Gasteiger partial charge on any atom is -0.387 e. The molecule has 1 amide bonds. The summed E-state index contributed by atoms with van der Waals surface area (Å²) in [5.41, 5.74) is 2.80. The fourth-order valence-corrected chi connectivity index (χ4v) is 3.57. The van der Waals surface area contributed by atoms with Gasteiger partial charge in [-0.2, -0.15) is 0 Å². The van der Waals surface area contributed by atoms with Gasteiger partial charge in [-0.15, -0.1) is 0 Å². The number of piperazine rings is 1. The molecule has 1 unspecified atom stereocenters. The van der Waals surface area contributed by atoms with Gasteiger partial charge in [-0.25, -0.2) is 0 Å². The minimum atomic E-state index is -0.149. The Labute approximate surface area is 165 Å². The van der Waals surface area contributed by atoms with Crippen LogP contribution >= 0.6 is 0 Å². The number of nitrogens with zero attached hydrogens (tertiary/aromatic N) is 3. The maximum Gasteiger partial charge on any atom is 0.271 e. The number of amides is 1. The van der Waals surface area contributed by atoms with E-state index in [2.05, 4.69) is 34.3 Å². The number of oxime groups is 1. The van der Waals surface area contributed by atoms with E-state index >= 15 is 0 Å². The van der Waals surface area contributed by atoms with Gasteiger partial charge in [0.05, 0.1) is 0 Å². The highest BCUT2D eigenvalue weighted by Gasteiger charge is 2.31. The fraction of sp³-hybridized carbons (Fsp3) is 0.304. The molecule has 5 nitrogen and oxygen atoms in total. The summed E-state index contributed by atoms with van der Waals surface area (Å²) in [5.74, 6) is 0.0120. The molecule has 144 valence electrons. The first-order valence-corrected chi connectivity index (χ1v) is 9.80. The zero-order valence-corrected chi connectivity index (χ0v) is 15.9. The van der Waals surface area contributed by atoms with Crippen molar-refractivity contribution in [1.29, 1.82) is 0 Å². The molecular weight excluding hydrogens is 350 g/mol. The predicted molar refractivity (Wildman–Crippen MR) is 111 cm³/mol. The average Bonchev–Trinajstić information content (AvgIpc) is 3.25. The van der Waals surface area contributed by atoms with E-state index in [1.165, 1.54) is 5.56 Å². The number of carbonyl (C=O) groups excluding carboxylic acids is 1. The van der Waals surface area contributed by atoms with Gasteiger partial charge < -0.3 is 9.74 Å². The molecular formula is C23H25N3O2. The SMILES string of the molecule is O=C(C1=NOC(c2ccccc2)C1)N1CCN(C/C=C/c2ccccc2)CC1. The lowest BCUT2D eigenvalue weighted by Gasteiger charge is -2.34. The quantitative estimate of drug-likeness (QED) is 0.805. The first-order chi connectivity index (χ1) is 13.8. The monoisotopic (exact) mass is 375 g/mol. The van der Waals surface area contributed by atoms with E-state index in [-0.39, 0.29) is 12.0 Å². The molecule has 2 aromatic carbocycles. The number of rotatable bonds is 5. The van der Waals surface area contributed by atoms with Crippen molar-refractivity contribution in [2.24, 2.45) is 5.16 Å². The molecule has 2 heterocycles.